The van der Waals surface area contributed by atoms with Crippen LogP contribution in [0.1, 0.15) is 35.4 Å². The molecule has 2 aliphatic rings. The number of rotatable bonds is 3. The summed E-state index contributed by atoms with van der Waals surface area (Å²) < 4.78 is 12.6. The minimum absolute atomic E-state index is 0.0315. The molecule has 4 nitrogen and oxygen atoms in total. The van der Waals surface area contributed by atoms with Crippen LogP contribution in [0.15, 0.2) is 70.2 Å². The number of hydrogen-bond donors (Lipinski definition) is 0. The number of halogens is 3. The van der Waals surface area contributed by atoms with E-state index < -0.39 is 0 Å². The molecular formula is C23H17BrCl2N2O2. The first-order valence-corrected chi connectivity index (χ1v) is 11.0. The minimum atomic E-state index is -0.365. The van der Waals surface area contributed by atoms with E-state index in [0.717, 1.165) is 44.8 Å². The predicted octanol–water partition coefficient (Wildman–Crippen LogP) is 7.01. The van der Waals surface area contributed by atoms with Gasteiger partial charge in [-0.2, -0.15) is 5.10 Å². The Balaban J connectivity index is 1.59. The second kappa shape index (κ2) is 7.80. The molecule has 0 unspecified atom stereocenters. The third kappa shape index (κ3) is 3.45. The second-order valence-corrected chi connectivity index (χ2v) is 8.93. The van der Waals surface area contributed by atoms with Gasteiger partial charge in [0.25, 0.3) is 0 Å². The fourth-order valence-corrected chi connectivity index (χ4v) is 4.80. The van der Waals surface area contributed by atoms with Gasteiger partial charge < -0.3 is 9.47 Å². The Labute approximate surface area is 193 Å². The predicted molar refractivity (Wildman–Crippen MR) is 123 cm³/mol. The maximum atomic E-state index is 6.40. The highest BCUT2D eigenvalue weighted by atomic mass is 79.9. The molecule has 0 aromatic heterocycles. The third-order valence-electron chi connectivity index (χ3n) is 5.39. The lowest BCUT2D eigenvalue weighted by Crippen LogP contribution is -2.33. The summed E-state index contributed by atoms with van der Waals surface area (Å²) >= 11 is 15.9. The lowest BCUT2D eigenvalue weighted by Gasteiger charge is -2.38. The van der Waals surface area contributed by atoms with Gasteiger partial charge in [0, 0.05) is 27.6 Å². The van der Waals surface area contributed by atoms with Crippen LogP contribution >= 0.6 is 39.1 Å². The molecule has 3 aromatic rings. The highest BCUT2D eigenvalue weighted by Crippen LogP contribution is 2.48. The molecule has 0 spiro atoms. The number of hydrazone groups is 1. The summed E-state index contributed by atoms with van der Waals surface area (Å²) in [5, 5.41) is 8.37. The molecule has 152 valence electrons. The van der Waals surface area contributed by atoms with E-state index in [-0.39, 0.29) is 12.3 Å². The van der Waals surface area contributed by atoms with Crippen LogP contribution < -0.4 is 9.47 Å². The third-order valence-corrected chi connectivity index (χ3v) is 6.50. The van der Waals surface area contributed by atoms with Crippen LogP contribution in [0.25, 0.3) is 0 Å². The number of nitrogens with zero attached hydrogens (tertiary/aromatic N) is 2. The van der Waals surface area contributed by atoms with E-state index in [2.05, 4.69) is 15.9 Å². The molecule has 2 heterocycles. The van der Waals surface area contributed by atoms with Crippen molar-refractivity contribution in [2.24, 2.45) is 5.10 Å². The highest BCUT2D eigenvalue weighted by Gasteiger charge is 2.41. The summed E-state index contributed by atoms with van der Waals surface area (Å²) in [6.45, 7) is 0. The van der Waals surface area contributed by atoms with Crippen molar-refractivity contribution in [2.45, 2.75) is 18.7 Å². The quantitative estimate of drug-likeness (QED) is 0.385. The summed E-state index contributed by atoms with van der Waals surface area (Å²) in [6, 6.07) is 19.5. The van der Waals surface area contributed by atoms with E-state index in [1.165, 1.54) is 0 Å². The molecule has 30 heavy (non-hydrogen) atoms. The SMILES string of the molecule is COc1ccc([C@H]2Oc3ccc(Cl)cc3[C@@H]3CC(c4ccc(Cl)cc4)=NN23)cc1Br. The van der Waals surface area contributed by atoms with E-state index in [0.29, 0.717) is 10.0 Å². The molecule has 0 fully saturated rings. The standard InChI is InChI=1S/C23H17BrCl2N2O2/c1-29-22-8-4-14(10-18(22)24)23-28-20(17-11-16(26)7-9-21(17)30-23)12-19(27-28)13-2-5-15(25)6-3-13/h2-11,20,23H,12H2,1H3/t20-,23+/m0/s1. The van der Waals surface area contributed by atoms with E-state index in [1.807, 2.05) is 65.7 Å². The van der Waals surface area contributed by atoms with Gasteiger partial charge in [0.05, 0.1) is 23.3 Å². The molecular weight excluding hydrogens is 487 g/mol. The van der Waals surface area contributed by atoms with E-state index in [4.69, 9.17) is 37.8 Å². The van der Waals surface area contributed by atoms with Crippen molar-refractivity contribution in [2.75, 3.05) is 7.11 Å². The Bertz CT molecular complexity index is 1150. The van der Waals surface area contributed by atoms with Crippen molar-refractivity contribution in [1.29, 1.82) is 0 Å². The fourth-order valence-electron chi connectivity index (χ4n) is 3.93. The zero-order valence-corrected chi connectivity index (χ0v) is 19.1. The molecule has 2 aliphatic heterocycles. The molecule has 0 amide bonds. The van der Waals surface area contributed by atoms with Gasteiger partial charge in [-0.1, -0.05) is 35.3 Å². The van der Waals surface area contributed by atoms with Crippen LogP contribution in [0.4, 0.5) is 0 Å². The minimum Gasteiger partial charge on any atom is -0.496 e. The maximum absolute atomic E-state index is 6.40. The summed E-state index contributed by atoms with van der Waals surface area (Å²) in [7, 11) is 1.65. The zero-order valence-electron chi connectivity index (χ0n) is 16.0. The molecule has 7 heteroatoms. The van der Waals surface area contributed by atoms with Crippen LogP contribution in [0.2, 0.25) is 10.0 Å². The lowest BCUT2D eigenvalue weighted by molar-refractivity contribution is -0.0190. The van der Waals surface area contributed by atoms with Gasteiger partial charge in [-0.15, -0.1) is 0 Å². The van der Waals surface area contributed by atoms with Crippen molar-refractivity contribution in [3.8, 4) is 11.5 Å². The molecule has 0 radical (unpaired) electrons. The van der Waals surface area contributed by atoms with Gasteiger partial charge in [0.2, 0.25) is 6.23 Å². The fraction of sp³-hybridized carbons (Fsp3) is 0.174. The number of hydrogen-bond acceptors (Lipinski definition) is 4. The normalized spacial score (nSPS) is 19.6. The number of fused-ring (bicyclic) bond motifs is 3. The van der Waals surface area contributed by atoms with Crippen molar-refractivity contribution < 1.29 is 9.47 Å². The highest BCUT2D eigenvalue weighted by molar-refractivity contribution is 9.10. The van der Waals surface area contributed by atoms with Crippen LogP contribution in [0, 0.1) is 0 Å². The Morgan fingerprint density at radius 1 is 1.03 bits per heavy atom. The molecule has 0 N–H and O–H groups in total. The Morgan fingerprint density at radius 3 is 2.53 bits per heavy atom. The largest absolute Gasteiger partial charge is 0.496 e. The smallest absolute Gasteiger partial charge is 0.213 e. The molecule has 2 atom stereocenters. The molecule has 0 saturated heterocycles. The first-order valence-electron chi connectivity index (χ1n) is 9.45. The van der Waals surface area contributed by atoms with Crippen molar-refractivity contribution in [1.82, 2.24) is 5.01 Å². The average molecular weight is 504 g/mol. The number of benzene rings is 3. The molecule has 3 aromatic carbocycles. The zero-order chi connectivity index (χ0) is 20.8. The van der Waals surface area contributed by atoms with Gasteiger partial charge in [-0.3, -0.25) is 0 Å². The molecule has 0 saturated carbocycles. The topological polar surface area (TPSA) is 34.1 Å². The van der Waals surface area contributed by atoms with Gasteiger partial charge in [0.15, 0.2) is 0 Å². The monoisotopic (exact) mass is 502 g/mol. The summed E-state index contributed by atoms with van der Waals surface area (Å²) in [4.78, 5) is 0. The Kier molecular flexibility index (Phi) is 5.13. The van der Waals surface area contributed by atoms with E-state index >= 15 is 0 Å². The van der Waals surface area contributed by atoms with Crippen LogP contribution in [-0.2, 0) is 0 Å². The van der Waals surface area contributed by atoms with Gasteiger partial charge in [0.1, 0.15) is 11.5 Å². The van der Waals surface area contributed by atoms with Crippen LogP contribution in [0.5, 0.6) is 11.5 Å². The van der Waals surface area contributed by atoms with Crippen LogP contribution in [-0.4, -0.2) is 17.8 Å². The average Bonchev–Trinajstić information content (AvgIpc) is 3.19. The van der Waals surface area contributed by atoms with Gasteiger partial charge in [-0.05, 0) is 70.0 Å². The van der Waals surface area contributed by atoms with Crippen molar-refractivity contribution >= 4 is 44.8 Å². The van der Waals surface area contributed by atoms with Crippen LogP contribution in [0.3, 0.4) is 0 Å². The Morgan fingerprint density at radius 2 is 1.80 bits per heavy atom. The lowest BCUT2D eigenvalue weighted by atomic mass is 9.96. The first-order chi connectivity index (χ1) is 14.5. The maximum Gasteiger partial charge on any atom is 0.213 e. The second-order valence-electron chi connectivity index (χ2n) is 7.20. The number of ether oxygens (including phenoxy) is 2. The summed E-state index contributed by atoms with van der Waals surface area (Å²) in [5.41, 5.74) is 4.06. The van der Waals surface area contributed by atoms with E-state index in [9.17, 15) is 0 Å². The number of methoxy groups -OCH3 is 1. The van der Waals surface area contributed by atoms with Crippen molar-refractivity contribution in [3.05, 3.63) is 91.9 Å². The summed E-state index contributed by atoms with van der Waals surface area (Å²) in [5.74, 6) is 1.59. The van der Waals surface area contributed by atoms with E-state index in [1.54, 1.807) is 7.11 Å². The molecule has 5 rings (SSSR count). The Hall–Kier alpha value is -2.21. The summed E-state index contributed by atoms with van der Waals surface area (Å²) in [6.07, 6.45) is 0.391. The van der Waals surface area contributed by atoms with Gasteiger partial charge >= 0.3 is 0 Å². The van der Waals surface area contributed by atoms with Gasteiger partial charge in [-0.25, -0.2) is 5.01 Å². The first kappa shape index (κ1) is 19.7. The van der Waals surface area contributed by atoms with Crippen molar-refractivity contribution in [3.63, 3.8) is 0 Å². The molecule has 0 aliphatic carbocycles. The molecule has 0 bridgehead atoms.